The van der Waals surface area contributed by atoms with Crippen LogP contribution in [-0.4, -0.2) is 57.7 Å². The van der Waals surface area contributed by atoms with Gasteiger partial charge >= 0.3 is 0 Å². The lowest BCUT2D eigenvalue weighted by Crippen LogP contribution is -2.52. The summed E-state index contributed by atoms with van der Waals surface area (Å²) in [6.07, 6.45) is 3.73. The Morgan fingerprint density at radius 2 is 1.96 bits per heavy atom. The van der Waals surface area contributed by atoms with Gasteiger partial charge in [0, 0.05) is 51.5 Å². The van der Waals surface area contributed by atoms with Gasteiger partial charge in [0.05, 0.1) is 7.11 Å². The summed E-state index contributed by atoms with van der Waals surface area (Å²) in [5.74, 6) is 1.95. The van der Waals surface area contributed by atoms with Crippen molar-refractivity contribution < 1.29 is 4.74 Å². The predicted molar refractivity (Wildman–Crippen MR) is 113 cm³/mol. The molecule has 1 saturated heterocycles. The molecule has 1 heterocycles. The van der Waals surface area contributed by atoms with Gasteiger partial charge in [-0.15, -0.1) is 24.0 Å². The summed E-state index contributed by atoms with van der Waals surface area (Å²) in [4.78, 5) is 9.18. The molecule has 136 valence electrons. The molecule has 1 N–H and O–H groups in total. The second-order valence-electron chi connectivity index (χ2n) is 5.86. The number of methoxy groups -OCH3 is 1. The number of benzene rings is 1. The van der Waals surface area contributed by atoms with E-state index in [1.807, 2.05) is 13.1 Å². The number of aliphatic imine (C=N–C) groups is 1. The first-order chi connectivity index (χ1) is 11.3. The molecule has 0 radical (unpaired) electrons. The first kappa shape index (κ1) is 20.9. The minimum atomic E-state index is 0. The maximum absolute atomic E-state index is 5.32. The highest BCUT2D eigenvalue weighted by Crippen LogP contribution is 2.22. The summed E-state index contributed by atoms with van der Waals surface area (Å²) in [7, 11) is 3.59. The number of anilines is 1. The van der Waals surface area contributed by atoms with Crippen molar-refractivity contribution in [2.75, 3.05) is 51.8 Å². The van der Waals surface area contributed by atoms with Crippen molar-refractivity contribution in [2.24, 2.45) is 4.99 Å². The Morgan fingerprint density at radius 3 is 2.58 bits per heavy atom. The molecule has 1 aliphatic heterocycles. The zero-order valence-electron chi connectivity index (χ0n) is 15.1. The summed E-state index contributed by atoms with van der Waals surface area (Å²) in [6.45, 7) is 7.23. The number of ether oxygens (including phenoxy) is 1. The molecular formula is C18H31IN4O. The number of rotatable bonds is 6. The monoisotopic (exact) mass is 446 g/mol. The molecule has 0 aliphatic carbocycles. The molecule has 0 unspecified atom stereocenters. The summed E-state index contributed by atoms with van der Waals surface area (Å²) in [5, 5.41) is 3.48. The molecule has 1 aromatic carbocycles. The first-order valence-corrected chi connectivity index (χ1v) is 8.63. The van der Waals surface area contributed by atoms with Crippen LogP contribution < -0.4 is 15.0 Å². The van der Waals surface area contributed by atoms with Crippen LogP contribution in [0.5, 0.6) is 5.75 Å². The molecule has 6 heteroatoms. The van der Waals surface area contributed by atoms with Crippen LogP contribution in [0, 0.1) is 0 Å². The number of guanidine groups is 1. The summed E-state index contributed by atoms with van der Waals surface area (Å²) >= 11 is 0. The van der Waals surface area contributed by atoms with E-state index in [0.29, 0.717) is 0 Å². The molecule has 1 fully saturated rings. The smallest absolute Gasteiger partial charge is 0.193 e. The maximum atomic E-state index is 5.32. The molecule has 1 aliphatic rings. The van der Waals surface area contributed by atoms with Crippen LogP contribution >= 0.6 is 24.0 Å². The Hall–Kier alpha value is -1.18. The van der Waals surface area contributed by atoms with E-state index in [-0.39, 0.29) is 24.0 Å². The van der Waals surface area contributed by atoms with Crippen molar-refractivity contribution in [3.63, 3.8) is 0 Å². The third-order valence-corrected chi connectivity index (χ3v) is 4.27. The summed E-state index contributed by atoms with van der Waals surface area (Å²) < 4.78 is 5.32. The van der Waals surface area contributed by atoms with E-state index in [1.54, 1.807) is 7.11 Å². The lowest BCUT2D eigenvalue weighted by atomic mass is 10.2. The van der Waals surface area contributed by atoms with Gasteiger partial charge in [0.1, 0.15) is 5.75 Å². The molecule has 0 amide bonds. The number of nitrogens with zero attached hydrogens (tertiary/aromatic N) is 3. The second kappa shape index (κ2) is 11.4. The van der Waals surface area contributed by atoms with E-state index in [2.05, 4.69) is 45.2 Å². The highest BCUT2D eigenvalue weighted by atomic mass is 127. The third kappa shape index (κ3) is 6.03. The van der Waals surface area contributed by atoms with E-state index in [0.717, 1.165) is 44.4 Å². The summed E-state index contributed by atoms with van der Waals surface area (Å²) in [6, 6.07) is 8.29. The molecule has 2 rings (SSSR count). The fraction of sp³-hybridized carbons (Fsp3) is 0.611. The van der Waals surface area contributed by atoms with Crippen LogP contribution in [0.3, 0.4) is 0 Å². The predicted octanol–water partition coefficient (Wildman–Crippen LogP) is 3.20. The van der Waals surface area contributed by atoms with Crippen LogP contribution in [-0.2, 0) is 0 Å². The van der Waals surface area contributed by atoms with Gasteiger partial charge in [0.2, 0.25) is 0 Å². The van der Waals surface area contributed by atoms with E-state index >= 15 is 0 Å². The van der Waals surface area contributed by atoms with Crippen LogP contribution in [0.15, 0.2) is 29.3 Å². The van der Waals surface area contributed by atoms with Gasteiger partial charge in [0.25, 0.3) is 0 Å². The number of nitrogens with one attached hydrogen (secondary N) is 1. The minimum absolute atomic E-state index is 0. The van der Waals surface area contributed by atoms with Gasteiger partial charge in [-0.1, -0.05) is 25.8 Å². The molecular weight excluding hydrogens is 415 g/mol. The largest absolute Gasteiger partial charge is 0.497 e. The van der Waals surface area contributed by atoms with Gasteiger partial charge in [-0.05, 0) is 18.6 Å². The highest BCUT2D eigenvalue weighted by Gasteiger charge is 2.19. The first-order valence-electron chi connectivity index (χ1n) is 8.63. The Bertz CT molecular complexity index is 502. The van der Waals surface area contributed by atoms with Crippen molar-refractivity contribution in [3.05, 3.63) is 24.3 Å². The van der Waals surface area contributed by atoms with E-state index in [4.69, 9.17) is 4.74 Å². The zero-order valence-corrected chi connectivity index (χ0v) is 17.5. The standard InChI is InChI=1S/C18H30N4O.HI/c1-4-5-6-10-20-18(19-2)22-13-11-21(12-14-22)16-8-7-9-17(15-16)23-3;/h7-9,15H,4-6,10-14H2,1-3H3,(H,19,20);1H. The Kier molecular flexibility index (Phi) is 9.90. The van der Waals surface area contributed by atoms with Crippen molar-refractivity contribution in [3.8, 4) is 5.75 Å². The fourth-order valence-corrected chi connectivity index (χ4v) is 2.89. The molecule has 0 aromatic heterocycles. The molecule has 0 spiro atoms. The molecule has 0 atom stereocenters. The quantitative estimate of drug-likeness (QED) is 0.316. The zero-order chi connectivity index (χ0) is 16.5. The van der Waals surface area contributed by atoms with E-state index < -0.39 is 0 Å². The van der Waals surface area contributed by atoms with Crippen LogP contribution in [0.25, 0.3) is 0 Å². The minimum Gasteiger partial charge on any atom is -0.497 e. The number of unbranched alkanes of at least 4 members (excludes halogenated alkanes) is 2. The fourth-order valence-electron chi connectivity index (χ4n) is 2.89. The van der Waals surface area contributed by atoms with E-state index in [9.17, 15) is 0 Å². The highest BCUT2D eigenvalue weighted by molar-refractivity contribution is 14.0. The number of hydrogen-bond acceptors (Lipinski definition) is 3. The van der Waals surface area contributed by atoms with Gasteiger partial charge < -0.3 is 19.9 Å². The topological polar surface area (TPSA) is 40.1 Å². The second-order valence-corrected chi connectivity index (χ2v) is 5.86. The van der Waals surface area contributed by atoms with Crippen molar-refractivity contribution in [2.45, 2.75) is 26.2 Å². The average molecular weight is 446 g/mol. The van der Waals surface area contributed by atoms with Crippen molar-refractivity contribution >= 4 is 35.6 Å². The molecule has 24 heavy (non-hydrogen) atoms. The van der Waals surface area contributed by atoms with Gasteiger partial charge in [0.15, 0.2) is 5.96 Å². The summed E-state index contributed by atoms with van der Waals surface area (Å²) in [5.41, 5.74) is 1.23. The molecule has 5 nitrogen and oxygen atoms in total. The van der Waals surface area contributed by atoms with Crippen molar-refractivity contribution in [1.82, 2.24) is 10.2 Å². The molecule has 0 bridgehead atoms. The van der Waals surface area contributed by atoms with Gasteiger partial charge in [-0.3, -0.25) is 4.99 Å². The lowest BCUT2D eigenvalue weighted by Gasteiger charge is -2.37. The Morgan fingerprint density at radius 1 is 1.21 bits per heavy atom. The van der Waals surface area contributed by atoms with E-state index in [1.165, 1.54) is 24.9 Å². The third-order valence-electron chi connectivity index (χ3n) is 4.27. The van der Waals surface area contributed by atoms with Crippen LogP contribution in [0.4, 0.5) is 5.69 Å². The van der Waals surface area contributed by atoms with Gasteiger partial charge in [-0.2, -0.15) is 0 Å². The average Bonchev–Trinajstić information content (AvgIpc) is 2.62. The SMILES string of the molecule is CCCCCNC(=NC)N1CCN(c2cccc(OC)c2)CC1.I. The van der Waals surface area contributed by atoms with Crippen molar-refractivity contribution in [1.29, 1.82) is 0 Å². The number of piperazine rings is 1. The lowest BCUT2D eigenvalue weighted by molar-refractivity contribution is 0.371. The maximum Gasteiger partial charge on any atom is 0.193 e. The normalized spacial score (nSPS) is 15.0. The Labute approximate surface area is 163 Å². The van der Waals surface area contributed by atoms with Crippen LogP contribution in [0.1, 0.15) is 26.2 Å². The van der Waals surface area contributed by atoms with Crippen LogP contribution in [0.2, 0.25) is 0 Å². The van der Waals surface area contributed by atoms with Gasteiger partial charge in [-0.25, -0.2) is 0 Å². The number of hydrogen-bond donors (Lipinski definition) is 1. The Balaban J connectivity index is 0.00000288. The molecule has 1 aromatic rings. The number of halogens is 1. The molecule has 0 saturated carbocycles.